The molecule has 0 aromatic heterocycles. The standard InChI is InChI=1S/C29H22O8/c1-18(27(32)33)29(28(34)35,16-25(30)36-23-12-10-19-6-2-4-8-21(19)14-23)17-26(31)37-24-13-11-20-7-3-5-9-22(20)15-24/h2-15H,1,16-17H2,(H,32,33)(H,34,35). The molecule has 0 heterocycles. The minimum atomic E-state index is -2.49. The Balaban J connectivity index is 1.57. The van der Waals surface area contributed by atoms with Crippen molar-refractivity contribution < 1.29 is 38.9 Å². The molecule has 37 heavy (non-hydrogen) atoms. The second-order valence-electron chi connectivity index (χ2n) is 8.49. The summed E-state index contributed by atoms with van der Waals surface area (Å²) >= 11 is 0. The summed E-state index contributed by atoms with van der Waals surface area (Å²) in [6, 6.07) is 24.4. The molecule has 4 aromatic rings. The van der Waals surface area contributed by atoms with Crippen molar-refractivity contribution in [3.8, 4) is 11.5 Å². The van der Waals surface area contributed by atoms with Crippen LogP contribution in [0.5, 0.6) is 11.5 Å². The third-order valence-electron chi connectivity index (χ3n) is 6.04. The fourth-order valence-corrected chi connectivity index (χ4v) is 4.05. The van der Waals surface area contributed by atoms with Crippen LogP contribution in [0.2, 0.25) is 0 Å². The van der Waals surface area contributed by atoms with Gasteiger partial charge in [-0.05, 0) is 45.8 Å². The van der Waals surface area contributed by atoms with Gasteiger partial charge in [-0.15, -0.1) is 0 Å². The summed E-state index contributed by atoms with van der Waals surface area (Å²) in [5, 5.41) is 22.9. The van der Waals surface area contributed by atoms with Gasteiger partial charge in [0.25, 0.3) is 0 Å². The van der Waals surface area contributed by atoms with E-state index >= 15 is 0 Å². The zero-order valence-electron chi connectivity index (χ0n) is 19.5. The smallest absolute Gasteiger partial charge is 0.332 e. The number of hydrogen-bond acceptors (Lipinski definition) is 6. The Labute approximate surface area is 211 Å². The van der Waals surface area contributed by atoms with Crippen molar-refractivity contribution in [2.45, 2.75) is 12.8 Å². The Morgan fingerprint density at radius 1 is 0.649 bits per heavy atom. The SMILES string of the molecule is C=C(C(=O)O)C(CC(=O)Oc1ccc2ccccc2c1)(CC(=O)Oc1ccc2ccccc2c1)C(=O)O. The molecule has 0 aliphatic rings. The number of aliphatic carboxylic acids is 2. The van der Waals surface area contributed by atoms with Crippen LogP contribution < -0.4 is 9.47 Å². The van der Waals surface area contributed by atoms with Crippen molar-refractivity contribution in [2.75, 3.05) is 0 Å². The lowest BCUT2D eigenvalue weighted by Crippen LogP contribution is -2.41. The lowest BCUT2D eigenvalue weighted by Gasteiger charge is -2.27. The van der Waals surface area contributed by atoms with Gasteiger partial charge in [-0.1, -0.05) is 67.2 Å². The predicted molar refractivity (Wildman–Crippen MR) is 135 cm³/mol. The number of esters is 2. The molecule has 186 valence electrons. The molecule has 0 radical (unpaired) electrons. The number of ether oxygens (including phenoxy) is 2. The van der Waals surface area contributed by atoms with Crippen LogP contribution in [0.15, 0.2) is 97.1 Å². The molecular weight excluding hydrogens is 476 g/mol. The first-order chi connectivity index (χ1) is 17.7. The van der Waals surface area contributed by atoms with Crippen molar-refractivity contribution >= 4 is 45.4 Å². The van der Waals surface area contributed by atoms with E-state index in [0.29, 0.717) is 0 Å². The highest BCUT2D eigenvalue weighted by atomic mass is 16.5. The van der Waals surface area contributed by atoms with Crippen LogP contribution in [0.3, 0.4) is 0 Å². The topological polar surface area (TPSA) is 127 Å². The quantitative estimate of drug-likeness (QED) is 0.188. The molecule has 0 saturated heterocycles. The van der Waals surface area contributed by atoms with Gasteiger partial charge >= 0.3 is 23.9 Å². The second kappa shape index (κ2) is 10.3. The third-order valence-corrected chi connectivity index (χ3v) is 6.04. The Kier molecular flexibility index (Phi) is 7.01. The number of hydrogen-bond donors (Lipinski definition) is 2. The molecule has 0 aliphatic carbocycles. The average Bonchev–Trinajstić information content (AvgIpc) is 2.87. The fraction of sp³-hybridized carbons (Fsp3) is 0.103. The van der Waals surface area contributed by atoms with Crippen molar-refractivity contribution in [1.82, 2.24) is 0 Å². The molecule has 0 aliphatic heterocycles. The van der Waals surface area contributed by atoms with Crippen LogP contribution in [0, 0.1) is 5.41 Å². The molecule has 0 atom stereocenters. The van der Waals surface area contributed by atoms with Crippen molar-refractivity contribution in [1.29, 1.82) is 0 Å². The van der Waals surface area contributed by atoms with Crippen LogP contribution in [-0.2, 0) is 19.2 Å². The first-order valence-electron chi connectivity index (χ1n) is 11.2. The zero-order chi connectivity index (χ0) is 26.6. The molecule has 8 heteroatoms. The predicted octanol–water partition coefficient (Wildman–Crippen LogP) is 5.00. The molecule has 8 nitrogen and oxygen atoms in total. The van der Waals surface area contributed by atoms with E-state index in [2.05, 4.69) is 6.58 Å². The number of carboxylic acids is 2. The highest BCUT2D eigenvalue weighted by Gasteiger charge is 2.49. The van der Waals surface area contributed by atoms with Crippen LogP contribution in [0.4, 0.5) is 0 Å². The van der Waals surface area contributed by atoms with Crippen LogP contribution in [-0.4, -0.2) is 34.1 Å². The Morgan fingerprint density at radius 2 is 1.05 bits per heavy atom. The third kappa shape index (κ3) is 5.48. The number of carboxylic acid groups (broad SMARTS) is 2. The van der Waals surface area contributed by atoms with E-state index in [-0.39, 0.29) is 11.5 Å². The fourth-order valence-electron chi connectivity index (χ4n) is 4.05. The molecule has 0 saturated carbocycles. The average molecular weight is 498 g/mol. The molecule has 4 aromatic carbocycles. The van der Waals surface area contributed by atoms with Crippen molar-refractivity contribution in [2.24, 2.45) is 5.41 Å². The Morgan fingerprint density at radius 3 is 1.43 bits per heavy atom. The summed E-state index contributed by atoms with van der Waals surface area (Å²) in [6.07, 6.45) is -1.90. The van der Waals surface area contributed by atoms with Gasteiger partial charge in [-0.2, -0.15) is 0 Å². The lowest BCUT2D eigenvalue weighted by molar-refractivity contribution is -0.158. The van der Waals surface area contributed by atoms with Crippen LogP contribution in [0.25, 0.3) is 21.5 Å². The maximum atomic E-state index is 12.8. The van der Waals surface area contributed by atoms with Gasteiger partial charge in [0.2, 0.25) is 0 Å². The number of benzene rings is 4. The largest absolute Gasteiger partial charge is 0.481 e. The molecule has 0 unspecified atom stereocenters. The number of fused-ring (bicyclic) bond motifs is 2. The van der Waals surface area contributed by atoms with E-state index in [1.807, 2.05) is 36.4 Å². The second-order valence-corrected chi connectivity index (χ2v) is 8.49. The normalized spacial score (nSPS) is 11.1. The van der Waals surface area contributed by atoms with E-state index in [1.165, 1.54) is 12.1 Å². The molecule has 2 N–H and O–H groups in total. The van der Waals surface area contributed by atoms with E-state index in [0.717, 1.165) is 21.5 Å². The summed E-state index contributed by atoms with van der Waals surface area (Å²) in [5.74, 6) is -5.19. The monoisotopic (exact) mass is 498 g/mol. The van der Waals surface area contributed by atoms with Crippen molar-refractivity contribution in [3.05, 3.63) is 97.1 Å². The molecule has 0 amide bonds. The first-order valence-corrected chi connectivity index (χ1v) is 11.2. The number of carbonyl (C=O) groups is 4. The van der Waals surface area contributed by atoms with E-state index in [1.54, 1.807) is 36.4 Å². The van der Waals surface area contributed by atoms with E-state index < -0.39 is 47.7 Å². The Bertz CT molecular complexity index is 1460. The van der Waals surface area contributed by atoms with Gasteiger partial charge in [0, 0.05) is 5.57 Å². The van der Waals surface area contributed by atoms with E-state index in [4.69, 9.17) is 9.47 Å². The van der Waals surface area contributed by atoms with Crippen LogP contribution in [0.1, 0.15) is 12.8 Å². The molecule has 0 fully saturated rings. The van der Waals surface area contributed by atoms with Gasteiger partial charge in [0.05, 0.1) is 12.8 Å². The minimum absolute atomic E-state index is 0.141. The summed E-state index contributed by atoms with van der Waals surface area (Å²) < 4.78 is 10.6. The van der Waals surface area contributed by atoms with Gasteiger partial charge in [-0.3, -0.25) is 14.4 Å². The number of carbonyl (C=O) groups excluding carboxylic acids is 2. The molecule has 0 bridgehead atoms. The highest BCUT2D eigenvalue weighted by molar-refractivity contribution is 6.01. The van der Waals surface area contributed by atoms with Gasteiger partial charge < -0.3 is 19.7 Å². The molecular formula is C29H22O8. The van der Waals surface area contributed by atoms with Gasteiger partial charge in [0.15, 0.2) is 0 Å². The molecule has 0 spiro atoms. The highest BCUT2D eigenvalue weighted by Crippen LogP contribution is 2.37. The summed E-state index contributed by atoms with van der Waals surface area (Å²) in [6.45, 7) is 3.35. The van der Waals surface area contributed by atoms with Crippen molar-refractivity contribution in [3.63, 3.8) is 0 Å². The summed E-state index contributed by atoms with van der Waals surface area (Å²) in [4.78, 5) is 49.7. The zero-order valence-corrected chi connectivity index (χ0v) is 19.5. The molecule has 4 rings (SSSR count). The summed E-state index contributed by atoms with van der Waals surface area (Å²) in [7, 11) is 0. The van der Waals surface area contributed by atoms with Gasteiger partial charge in [0.1, 0.15) is 16.9 Å². The Hall–Kier alpha value is -4.98. The maximum Gasteiger partial charge on any atom is 0.332 e. The van der Waals surface area contributed by atoms with E-state index in [9.17, 15) is 29.4 Å². The minimum Gasteiger partial charge on any atom is -0.481 e. The van der Waals surface area contributed by atoms with Crippen LogP contribution >= 0.6 is 0 Å². The lowest BCUT2D eigenvalue weighted by atomic mass is 9.75. The maximum absolute atomic E-state index is 12.8. The first kappa shape index (κ1) is 25.1. The summed E-state index contributed by atoms with van der Waals surface area (Å²) in [5.41, 5.74) is -3.33. The van der Waals surface area contributed by atoms with Gasteiger partial charge in [-0.25, -0.2) is 4.79 Å². The number of rotatable bonds is 9.